The van der Waals surface area contributed by atoms with Crippen LogP contribution in [0.15, 0.2) is 12.1 Å². The topological polar surface area (TPSA) is 50.1 Å². The molecule has 0 radical (unpaired) electrons. The van der Waals surface area contributed by atoms with Crippen molar-refractivity contribution in [1.82, 2.24) is 0 Å². The molecule has 6 heteroatoms. The first-order valence-electron chi connectivity index (χ1n) is 4.11. The minimum absolute atomic E-state index is 0.212. The van der Waals surface area contributed by atoms with Crippen molar-refractivity contribution in [2.24, 2.45) is 0 Å². The average Bonchev–Trinajstić information content (AvgIpc) is 2.27. The fourth-order valence-corrected chi connectivity index (χ4v) is 1.92. The van der Waals surface area contributed by atoms with Crippen molar-refractivity contribution in [2.75, 3.05) is 7.11 Å². The highest BCUT2D eigenvalue weighted by molar-refractivity contribution is 14.1. The van der Waals surface area contributed by atoms with Crippen molar-refractivity contribution in [3.8, 4) is 6.07 Å². The molecule has 0 unspecified atom stereocenters. The van der Waals surface area contributed by atoms with E-state index in [0.717, 1.165) is 7.11 Å². The molecule has 0 spiro atoms. The lowest BCUT2D eigenvalue weighted by molar-refractivity contribution is 0.0588. The Morgan fingerprint density at radius 3 is 2.62 bits per heavy atom. The van der Waals surface area contributed by atoms with Crippen LogP contribution in [0.1, 0.15) is 27.9 Å². The second-order valence-electron chi connectivity index (χ2n) is 2.79. The maximum Gasteiger partial charge on any atom is 0.339 e. The first-order chi connectivity index (χ1) is 7.52. The number of nitrogens with zero attached hydrogens (tertiary/aromatic N) is 1. The third-order valence-electron chi connectivity index (χ3n) is 1.92. The quantitative estimate of drug-likeness (QED) is 0.616. The molecule has 3 nitrogen and oxygen atoms in total. The van der Waals surface area contributed by atoms with Gasteiger partial charge in [0.2, 0.25) is 0 Å². The molecule has 16 heavy (non-hydrogen) atoms. The number of methoxy groups -OCH3 is 1. The van der Waals surface area contributed by atoms with Crippen LogP contribution in [0.2, 0.25) is 0 Å². The number of carbonyl (C=O) groups excluding carboxylic acids is 1. The van der Waals surface area contributed by atoms with Crippen LogP contribution in [-0.4, -0.2) is 13.1 Å². The highest BCUT2D eigenvalue weighted by atomic mass is 127. The fourth-order valence-electron chi connectivity index (χ4n) is 1.23. The van der Waals surface area contributed by atoms with E-state index in [1.807, 2.05) is 0 Å². The normalized spacial score (nSPS) is 10.0. The molecule has 0 N–H and O–H groups in total. The Bertz CT molecular complexity index is 469. The SMILES string of the molecule is COC(=O)c1c(I)ccc(C#N)c1C(F)F. The first kappa shape index (κ1) is 12.8. The minimum atomic E-state index is -2.89. The van der Waals surface area contributed by atoms with E-state index in [4.69, 9.17) is 5.26 Å². The molecule has 0 atom stereocenters. The summed E-state index contributed by atoms with van der Waals surface area (Å²) >= 11 is 1.75. The van der Waals surface area contributed by atoms with Crippen molar-refractivity contribution >= 4 is 28.6 Å². The van der Waals surface area contributed by atoms with Gasteiger partial charge in [-0.15, -0.1) is 0 Å². The summed E-state index contributed by atoms with van der Waals surface area (Å²) in [7, 11) is 1.10. The zero-order valence-corrected chi connectivity index (χ0v) is 10.3. The Labute approximate surface area is 104 Å². The largest absolute Gasteiger partial charge is 0.465 e. The van der Waals surface area contributed by atoms with E-state index < -0.39 is 18.0 Å². The summed E-state index contributed by atoms with van der Waals surface area (Å²) in [5.74, 6) is -0.864. The van der Waals surface area contributed by atoms with Crippen molar-refractivity contribution in [2.45, 2.75) is 6.43 Å². The van der Waals surface area contributed by atoms with Gasteiger partial charge >= 0.3 is 5.97 Å². The first-order valence-corrected chi connectivity index (χ1v) is 5.19. The highest BCUT2D eigenvalue weighted by Crippen LogP contribution is 2.30. The van der Waals surface area contributed by atoms with Gasteiger partial charge in [-0.2, -0.15) is 5.26 Å². The second-order valence-corrected chi connectivity index (χ2v) is 3.95. The Balaban J connectivity index is 3.56. The van der Waals surface area contributed by atoms with E-state index >= 15 is 0 Å². The number of halogens is 3. The lowest BCUT2D eigenvalue weighted by Crippen LogP contribution is -2.10. The number of ether oxygens (including phenoxy) is 1. The van der Waals surface area contributed by atoms with Crippen LogP contribution in [0.3, 0.4) is 0 Å². The third kappa shape index (κ3) is 2.29. The summed E-state index contributed by atoms with van der Waals surface area (Å²) in [4.78, 5) is 11.4. The van der Waals surface area contributed by atoms with Crippen LogP contribution in [0, 0.1) is 14.9 Å². The number of alkyl halides is 2. The fraction of sp³-hybridized carbons (Fsp3) is 0.200. The lowest BCUT2D eigenvalue weighted by atomic mass is 10.0. The van der Waals surface area contributed by atoms with Crippen molar-refractivity contribution in [3.63, 3.8) is 0 Å². The van der Waals surface area contributed by atoms with E-state index in [1.165, 1.54) is 12.1 Å². The summed E-state index contributed by atoms with van der Waals surface area (Å²) in [6.45, 7) is 0. The molecule has 1 aromatic carbocycles. The van der Waals surface area contributed by atoms with E-state index in [0.29, 0.717) is 3.57 Å². The van der Waals surface area contributed by atoms with Crippen LogP contribution < -0.4 is 0 Å². The number of rotatable bonds is 2. The number of hydrogen-bond acceptors (Lipinski definition) is 3. The monoisotopic (exact) mass is 337 g/mol. The molecule has 0 aliphatic rings. The number of carbonyl (C=O) groups is 1. The molecule has 0 heterocycles. The van der Waals surface area contributed by atoms with E-state index in [2.05, 4.69) is 4.74 Å². The minimum Gasteiger partial charge on any atom is -0.465 e. The zero-order chi connectivity index (χ0) is 12.3. The molecular formula is C10H6F2INO2. The highest BCUT2D eigenvalue weighted by Gasteiger charge is 2.25. The van der Waals surface area contributed by atoms with Gasteiger partial charge in [0.25, 0.3) is 6.43 Å². The van der Waals surface area contributed by atoms with Gasteiger partial charge in [0.1, 0.15) is 0 Å². The van der Waals surface area contributed by atoms with E-state index in [-0.39, 0.29) is 11.1 Å². The standard InChI is InChI=1S/C10H6F2INO2/c1-16-10(15)8-6(13)3-2-5(4-14)7(8)9(11)12/h2-3,9H,1H3. The van der Waals surface area contributed by atoms with Gasteiger partial charge in [-0.1, -0.05) is 0 Å². The molecule has 0 aromatic heterocycles. The molecule has 0 amide bonds. The summed E-state index contributed by atoms with van der Waals surface area (Å²) in [6, 6.07) is 4.32. The maximum absolute atomic E-state index is 12.8. The van der Waals surface area contributed by atoms with Crippen molar-refractivity contribution in [3.05, 3.63) is 32.4 Å². The third-order valence-corrected chi connectivity index (χ3v) is 2.82. The van der Waals surface area contributed by atoms with Crippen LogP contribution >= 0.6 is 22.6 Å². The van der Waals surface area contributed by atoms with Gasteiger partial charge in [-0.05, 0) is 34.7 Å². The number of hydrogen-bond donors (Lipinski definition) is 0. The van der Waals surface area contributed by atoms with Gasteiger partial charge in [-0.25, -0.2) is 13.6 Å². The van der Waals surface area contributed by atoms with Gasteiger partial charge in [0.05, 0.1) is 29.9 Å². The lowest BCUT2D eigenvalue weighted by Gasteiger charge is -2.10. The summed E-state index contributed by atoms with van der Waals surface area (Å²) < 4.78 is 30.3. The Morgan fingerprint density at radius 1 is 1.56 bits per heavy atom. The van der Waals surface area contributed by atoms with Crippen LogP contribution in [-0.2, 0) is 4.74 Å². The van der Waals surface area contributed by atoms with Crippen molar-refractivity contribution in [1.29, 1.82) is 5.26 Å². The molecule has 0 saturated carbocycles. The van der Waals surface area contributed by atoms with Crippen LogP contribution in [0.25, 0.3) is 0 Å². The number of nitriles is 1. The number of esters is 1. The van der Waals surface area contributed by atoms with E-state index in [1.54, 1.807) is 28.7 Å². The Kier molecular flexibility index (Phi) is 4.18. The van der Waals surface area contributed by atoms with Crippen LogP contribution in [0.5, 0.6) is 0 Å². The van der Waals surface area contributed by atoms with Gasteiger partial charge < -0.3 is 4.74 Å². The Morgan fingerprint density at radius 2 is 2.19 bits per heavy atom. The van der Waals surface area contributed by atoms with E-state index in [9.17, 15) is 13.6 Å². The average molecular weight is 337 g/mol. The van der Waals surface area contributed by atoms with Gasteiger partial charge in [0.15, 0.2) is 0 Å². The summed E-state index contributed by atoms with van der Waals surface area (Å²) in [5, 5.41) is 8.70. The second kappa shape index (κ2) is 5.21. The molecule has 0 fully saturated rings. The summed E-state index contributed by atoms with van der Waals surface area (Å²) in [5.41, 5.74) is -1.02. The molecule has 0 aliphatic carbocycles. The smallest absolute Gasteiger partial charge is 0.339 e. The summed E-state index contributed by atoms with van der Waals surface area (Å²) in [6.07, 6.45) is -2.89. The van der Waals surface area contributed by atoms with Gasteiger partial charge in [0, 0.05) is 3.57 Å². The molecule has 0 aliphatic heterocycles. The zero-order valence-electron chi connectivity index (χ0n) is 8.13. The molecule has 0 bridgehead atoms. The maximum atomic E-state index is 12.8. The molecule has 1 rings (SSSR count). The van der Waals surface area contributed by atoms with Crippen LogP contribution in [0.4, 0.5) is 8.78 Å². The van der Waals surface area contributed by atoms with Crippen molar-refractivity contribution < 1.29 is 18.3 Å². The molecule has 1 aromatic rings. The predicted octanol–water partition coefficient (Wildman–Crippen LogP) is 2.89. The molecule has 84 valence electrons. The predicted molar refractivity (Wildman–Crippen MR) is 60.2 cm³/mol. The molecule has 0 saturated heterocycles. The Hall–Kier alpha value is -1.23. The molecular weight excluding hydrogens is 331 g/mol. The van der Waals surface area contributed by atoms with Gasteiger partial charge in [-0.3, -0.25) is 0 Å². The number of benzene rings is 1.